The number of aromatic nitrogens is 2. The molecule has 0 radical (unpaired) electrons. The lowest BCUT2D eigenvalue weighted by molar-refractivity contribution is 0.0999. The van der Waals surface area contributed by atoms with Crippen LogP contribution in [0.5, 0.6) is 5.75 Å². The summed E-state index contributed by atoms with van der Waals surface area (Å²) < 4.78 is 5.44. The molecule has 3 aromatic rings. The molecule has 0 spiro atoms. The number of ether oxygens (including phenoxy) is 1. The molecule has 9 heteroatoms. The second-order valence-electron chi connectivity index (χ2n) is 8.08. The molecule has 0 saturated carbocycles. The van der Waals surface area contributed by atoms with Crippen molar-refractivity contribution in [3.63, 3.8) is 0 Å². The van der Waals surface area contributed by atoms with Gasteiger partial charge in [0.2, 0.25) is 5.91 Å². The van der Waals surface area contributed by atoms with E-state index in [0.717, 1.165) is 27.8 Å². The Labute approximate surface area is 186 Å². The average molecular weight is 437 g/mol. The van der Waals surface area contributed by atoms with E-state index in [9.17, 15) is 9.59 Å². The van der Waals surface area contributed by atoms with Crippen LogP contribution >= 0.6 is 0 Å². The Hall–Kier alpha value is -3.59. The number of nitrogens with one attached hydrogen (secondary N) is 1. The molecule has 2 aromatic heterocycles. The van der Waals surface area contributed by atoms with Crippen molar-refractivity contribution in [2.45, 2.75) is 19.9 Å². The standard InChI is InChI=1S/C23H28N6O3/c1-5-28-20-14(12-26-22-17(20)6-8-25-22)13-29(23(28)31)19-11-15(32-4)10-18(21(24)30)16(19)7-9-27(2)3/h6,8,10-12H,5,7,9,13H2,1-4H3,(H2,24,30)(H,25,26). The Bertz CT molecular complexity index is 1190. The first-order valence-electron chi connectivity index (χ1n) is 10.5. The van der Waals surface area contributed by atoms with Crippen molar-refractivity contribution in [1.29, 1.82) is 0 Å². The molecular formula is C23H28N6O3. The lowest BCUT2D eigenvalue weighted by Gasteiger charge is -2.38. The van der Waals surface area contributed by atoms with E-state index in [1.165, 1.54) is 7.11 Å². The van der Waals surface area contributed by atoms with Crippen LogP contribution in [0.1, 0.15) is 28.4 Å². The first kappa shape index (κ1) is 21.6. The van der Waals surface area contributed by atoms with Crippen molar-refractivity contribution in [3.05, 3.63) is 47.3 Å². The molecule has 168 valence electrons. The van der Waals surface area contributed by atoms with Crippen LogP contribution in [0.2, 0.25) is 0 Å². The van der Waals surface area contributed by atoms with E-state index in [4.69, 9.17) is 10.5 Å². The molecule has 0 unspecified atom stereocenters. The molecule has 0 saturated heterocycles. The first-order chi connectivity index (χ1) is 15.3. The number of urea groups is 1. The zero-order chi connectivity index (χ0) is 23.0. The summed E-state index contributed by atoms with van der Waals surface area (Å²) in [6.07, 6.45) is 4.18. The van der Waals surface area contributed by atoms with Crippen LogP contribution in [-0.2, 0) is 13.0 Å². The number of H-pyrrole nitrogens is 1. The molecule has 4 rings (SSSR count). The number of primary amides is 1. The zero-order valence-electron chi connectivity index (χ0n) is 18.8. The van der Waals surface area contributed by atoms with Crippen molar-refractivity contribution in [2.24, 2.45) is 5.73 Å². The SMILES string of the molecule is CCN1C(=O)N(c2cc(OC)cc(C(N)=O)c2CCN(C)C)Cc2cnc3[nH]ccc3c21. The number of hydrogen-bond acceptors (Lipinski definition) is 5. The Morgan fingerprint density at radius 1 is 1.34 bits per heavy atom. The summed E-state index contributed by atoms with van der Waals surface area (Å²) in [6.45, 7) is 3.46. The van der Waals surface area contributed by atoms with Crippen molar-refractivity contribution in [2.75, 3.05) is 44.1 Å². The van der Waals surface area contributed by atoms with Crippen molar-refractivity contribution in [1.82, 2.24) is 14.9 Å². The van der Waals surface area contributed by atoms with Crippen LogP contribution in [0.25, 0.3) is 11.0 Å². The third-order valence-electron chi connectivity index (χ3n) is 5.81. The minimum Gasteiger partial charge on any atom is -0.497 e. The largest absolute Gasteiger partial charge is 0.497 e. The van der Waals surface area contributed by atoms with Crippen LogP contribution in [0.4, 0.5) is 16.2 Å². The summed E-state index contributed by atoms with van der Waals surface area (Å²) in [7, 11) is 5.45. The highest BCUT2D eigenvalue weighted by atomic mass is 16.5. The van der Waals surface area contributed by atoms with E-state index in [1.807, 2.05) is 38.2 Å². The molecule has 0 aliphatic carbocycles. The number of hydrogen-bond donors (Lipinski definition) is 2. The van der Waals surface area contributed by atoms with Gasteiger partial charge in [0.1, 0.15) is 11.4 Å². The third-order valence-corrected chi connectivity index (χ3v) is 5.81. The van der Waals surface area contributed by atoms with Crippen molar-refractivity contribution in [3.8, 4) is 5.75 Å². The van der Waals surface area contributed by atoms with Gasteiger partial charge in [0, 0.05) is 48.1 Å². The number of carbonyl (C=O) groups excluding carboxylic acids is 2. The molecule has 9 nitrogen and oxygen atoms in total. The number of amides is 3. The van der Waals surface area contributed by atoms with E-state index in [1.54, 1.807) is 28.1 Å². The number of rotatable bonds is 7. The van der Waals surface area contributed by atoms with Gasteiger partial charge in [0.15, 0.2) is 0 Å². The monoisotopic (exact) mass is 436 g/mol. The first-order valence-corrected chi connectivity index (χ1v) is 10.5. The minimum atomic E-state index is -0.549. The Morgan fingerprint density at radius 2 is 2.12 bits per heavy atom. The van der Waals surface area contributed by atoms with Crippen molar-refractivity contribution < 1.29 is 14.3 Å². The molecule has 0 bridgehead atoms. The fourth-order valence-corrected chi connectivity index (χ4v) is 4.24. The molecule has 3 amide bonds. The molecule has 32 heavy (non-hydrogen) atoms. The van der Waals surface area contributed by atoms with Crippen LogP contribution in [-0.4, -0.2) is 61.1 Å². The number of nitrogens with zero attached hydrogens (tertiary/aromatic N) is 4. The molecule has 3 heterocycles. The topological polar surface area (TPSA) is 108 Å². The predicted molar refractivity (Wildman–Crippen MR) is 124 cm³/mol. The lowest BCUT2D eigenvalue weighted by atomic mass is 9.98. The normalized spacial score (nSPS) is 13.7. The van der Waals surface area contributed by atoms with E-state index in [2.05, 4.69) is 9.97 Å². The van der Waals surface area contributed by atoms with E-state index < -0.39 is 5.91 Å². The quantitative estimate of drug-likeness (QED) is 0.592. The number of pyridine rings is 1. The second kappa shape index (κ2) is 8.51. The van der Waals surface area contributed by atoms with Gasteiger partial charge >= 0.3 is 6.03 Å². The smallest absolute Gasteiger partial charge is 0.329 e. The molecule has 0 atom stereocenters. The maximum absolute atomic E-state index is 13.7. The molecule has 1 aliphatic rings. The van der Waals surface area contributed by atoms with Gasteiger partial charge < -0.3 is 20.4 Å². The molecule has 1 aliphatic heterocycles. The predicted octanol–water partition coefficient (Wildman–Crippen LogP) is 2.74. The highest BCUT2D eigenvalue weighted by Crippen LogP contribution is 2.39. The number of aromatic amines is 1. The number of nitrogens with two attached hydrogens (primary N) is 1. The van der Waals surface area contributed by atoms with Crippen LogP contribution < -0.4 is 20.3 Å². The Morgan fingerprint density at radius 3 is 2.78 bits per heavy atom. The van der Waals surface area contributed by atoms with Gasteiger partial charge in [0.25, 0.3) is 0 Å². The van der Waals surface area contributed by atoms with E-state index in [0.29, 0.717) is 43.1 Å². The molecule has 0 fully saturated rings. The summed E-state index contributed by atoms with van der Waals surface area (Å²) in [6, 6.07) is 5.22. The van der Waals surface area contributed by atoms with E-state index >= 15 is 0 Å². The second-order valence-corrected chi connectivity index (χ2v) is 8.08. The number of benzene rings is 1. The fraction of sp³-hybridized carbons (Fsp3) is 0.348. The summed E-state index contributed by atoms with van der Waals surface area (Å²) >= 11 is 0. The summed E-state index contributed by atoms with van der Waals surface area (Å²) in [4.78, 5) is 39.1. The van der Waals surface area contributed by atoms with Crippen LogP contribution in [0, 0.1) is 0 Å². The number of carbonyl (C=O) groups is 2. The maximum Gasteiger partial charge on any atom is 0.329 e. The molecule has 3 N–H and O–H groups in total. The minimum absolute atomic E-state index is 0.163. The van der Waals surface area contributed by atoms with Gasteiger partial charge in [-0.15, -0.1) is 0 Å². The van der Waals surface area contributed by atoms with E-state index in [-0.39, 0.29) is 6.03 Å². The van der Waals surface area contributed by atoms with Crippen LogP contribution in [0.15, 0.2) is 30.6 Å². The van der Waals surface area contributed by atoms with Gasteiger partial charge in [-0.25, -0.2) is 9.78 Å². The van der Waals surface area contributed by atoms with Crippen LogP contribution in [0.3, 0.4) is 0 Å². The van der Waals surface area contributed by atoms with Gasteiger partial charge in [-0.2, -0.15) is 0 Å². The third kappa shape index (κ3) is 3.64. The summed E-state index contributed by atoms with van der Waals surface area (Å²) in [5, 5.41) is 0.911. The van der Waals surface area contributed by atoms with Gasteiger partial charge in [-0.05, 0) is 45.1 Å². The zero-order valence-corrected chi connectivity index (χ0v) is 18.8. The summed E-state index contributed by atoms with van der Waals surface area (Å²) in [5.74, 6) is -0.0740. The Balaban J connectivity index is 1.89. The summed E-state index contributed by atoms with van der Waals surface area (Å²) in [5.41, 5.74) is 9.99. The average Bonchev–Trinajstić information content (AvgIpc) is 3.25. The number of likely N-dealkylation sites (N-methyl/N-ethyl adjacent to an activating group) is 1. The highest BCUT2D eigenvalue weighted by Gasteiger charge is 2.34. The lowest BCUT2D eigenvalue weighted by Crippen LogP contribution is -2.48. The Kier molecular flexibility index (Phi) is 5.75. The van der Waals surface area contributed by atoms with Gasteiger partial charge in [-0.3, -0.25) is 14.6 Å². The molecule has 1 aromatic carbocycles. The van der Waals surface area contributed by atoms with Gasteiger partial charge in [-0.1, -0.05) is 0 Å². The number of methoxy groups -OCH3 is 1. The van der Waals surface area contributed by atoms with Gasteiger partial charge in [0.05, 0.1) is 25.0 Å². The number of anilines is 2. The number of fused-ring (bicyclic) bond motifs is 3. The highest BCUT2D eigenvalue weighted by molar-refractivity contribution is 6.12. The van der Waals surface area contributed by atoms with Crippen molar-refractivity contribution >= 4 is 34.3 Å². The maximum atomic E-state index is 13.7. The fourth-order valence-electron chi connectivity index (χ4n) is 4.24. The molecular weight excluding hydrogens is 408 g/mol.